The van der Waals surface area contributed by atoms with Crippen LogP contribution in [0.2, 0.25) is 0 Å². The summed E-state index contributed by atoms with van der Waals surface area (Å²) in [5, 5.41) is 5.96. The zero-order valence-electron chi connectivity index (χ0n) is 14.1. The number of rotatable bonds is 3. The Morgan fingerprint density at radius 3 is 2.35 bits per heavy atom. The molecule has 26 heavy (non-hydrogen) atoms. The second-order valence-electron chi connectivity index (χ2n) is 6.29. The van der Waals surface area contributed by atoms with Gasteiger partial charge in [0.05, 0.1) is 0 Å². The van der Waals surface area contributed by atoms with Crippen LogP contribution in [-0.2, 0) is 0 Å². The van der Waals surface area contributed by atoms with E-state index in [1.165, 1.54) is 21.2 Å². The highest BCUT2D eigenvalue weighted by Gasteiger charge is 2.05. The van der Waals surface area contributed by atoms with E-state index in [0.717, 1.165) is 22.3 Å². The maximum absolute atomic E-state index is 5.94. The Hall–Kier alpha value is -3.10. The van der Waals surface area contributed by atoms with Crippen LogP contribution in [0.15, 0.2) is 88.7 Å². The van der Waals surface area contributed by atoms with Crippen LogP contribution in [0.1, 0.15) is 10.4 Å². The molecule has 2 aromatic heterocycles. The van der Waals surface area contributed by atoms with Crippen molar-refractivity contribution in [3.05, 3.63) is 94.7 Å². The van der Waals surface area contributed by atoms with Crippen LogP contribution in [0.25, 0.3) is 45.2 Å². The first-order valence-electron chi connectivity index (χ1n) is 8.60. The fourth-order valence-corrected chi connectivity index (χ4v) is 4.12. The van der Waals surface area contributed by atoms with Crippen LogP contribution in [0.4, 0.5) is 0 Å². The van der Waals surface area contributed by atoms with Crippen molar-refractivity contribution < 1.29 is 4.42 Å². The van der Waals surface area contributed by atoms with Gasteiger partial charge in [0.2, 0.25) is 0 Å². The largest absolute Gasteiger partial charge is 0.456 e. The summed E-state index contributed by atoms with van der Waals surface area (Å²) in [6, 6.07) is 27.2. The minimum Gasteiger partial charge on any atom is -0.456 e. The maximum Gasteiger partial charge on any atom is 0.135 e. The van der Waals surface area contributed by atoms with Crippen LogP contribution in [0.5, 0.6) is 0 Å². The van der Waals surface area contributed by atoms with Crippen molar-refractivity contribution in [1.82, 2.24) is 0 Å². The quantitative estimate of drug-likeness (QED) is 0.328. The molecule has 0 bridgehead atoms. The molecule has 0 fully saturated rings. The monoisotopic (exact) mass is 352 g/mol. The highest BCUT2D eigenvalue weighted by atomic mass is 32.1. The summed E-state index contributed by atoms with van der Waals surface area (Å²) in [6.45, 7) is 0. The fraction of sp³-hybridized carbons (Fsp3) is 0. The molecule has 0 amide bonds. The van der Waals surface area contributed by atoms with Crippen LogP contribution < -0.4 is 0 Å². The lowest BCUT2D eigenvalue weighted by Gasteiger charge is -1.98. The highest BCUT2D eigenvalue weighted by molar-refractivity contribution is 7.12. The second kappa shape index (κ2) is 6.32. The molecule has 3 aromatic carbocycles. The maximum atomic E-state index is 5.94. The molecule has 0 spiro atoms. The summed E-state index contributed by atoms with van der Waals surface area (Å²) in [6.07, 6.45) is 4.36. The molecule has 5 aromatic rings. The number of hydrogen-bond acceptors (Lipinski definition) is 2. The van der Waals surface area contributed by atoms with Gasteiger partial charge in [-0.05, 0) is 39.9 Å². The SMILES string of the molecule is C(=Cc1scc2ccccc12)c1ccc(-c2cc3ccccc3o2)cc1. The van der Waals surface area contributed by atoms with Gasteiger partial charge >= 0.3 is 0 Å². The van der Waals surface area contributed by atoms with E-state index < -0.39 is 0 Å². The molecular weight excluding hydrogens is 336 g/mol. The molecule has 0 saturated carbocycles. The zero-order valence-corrected chi connectivity index (χ0v) is 14.9. The molecule has 2 heteroatoms. The van der Waals surface area contributed by atoms with Gasteiger partial charge in [-0.2, -0.15) is 0 Å². The summed E-state index contributed by atoms with van der Waals surface area (Å²) < 4.78 is 5.94. The summed E-state index contributed by atoms with van der Waals surface area (Å²) in [7, 11) is 0. The first-order valence-corrected chi connectivity index (χ1v) is 9.48. The van der Waals surface area contributed by atoms with Crippen LogP contribution in [0.3, 0.4) is 0 Å². The van der Waals surface area contributed by atoms with Gasteiger partial charge < -0.3 is 4.42 Å². The van der Waals surface area contributed by atoms with Gasteiger partial charge in [-0.3, -0.25) is 0 Å². The van der Waals surface area contributed by atoms with Crippen molar-refractivity contribution in [3.8, 4) is 11.3 Å². The number of fused-ring (bicyclic) bond motifs is 2. The van der Waals surface area contributed by atoms with Gasteiger partial charge in [-0.15, -0.1) is 11.3 Å². The molecule has 0 aliphatic carbocycles. The molecule has 1 nitrogen and oxygen atoms in total. The molecule has 0 aliphatic rings. The van der Waals surface area contributed by atoms with Crippen molar-refractivity contribution in [3.63, 3.8) is 0 Å². The summed E-state index contributed by atoms with van der Waals surface area (Å²) in [5.41, 5.74) is 3.21. The highest BCUT2D eigenvalue weighted by Crippen LogP contribution is 2.29. The van der Waals surface area contributed by atoms with Gasteiger partial charge in [0.15, 0.2) is 0 Å². The lowest BCUT2D eigenvalue weighted by molar-refractivity contribution is 0.631. The van der Waals surface area contributed by atoms with Gasteiger partial charge in [0.25, 0.3) is 0 Å². The van der Waals surface area contributed by atoms with Gasteiger partial charge in [-0.25, -0.2) is 0 Å². The molecule has 0 atom stereocenters. The first kappa shape index (κ1) is 15.2. The Bertz CT molecular complexity index is 1190. The van der Waals surface area contributed by atoms with Crippen LogP contribution in [-0.4, -0.2) is 0 Å². The predicted octanol–water partition coefficient (Wildman–Crippen LogP) is 7.48. The standard InChI is InChI=1S/C24H16OS/c1-3-7-21-20(6-1)16-26-24(21)14-11-17-9-12-18(13-10-17)23-15-19-5-2-4-8-22(19)25-23/h1-16H. The van der Waals surface area contributed by atoms with E-state index in [2.05, 4.69) is 78.2 Å². The molecule has 0 N–H and O–H groups in total. The third kappa shape index (κ3) is 2.75. The lowest BCUT2D eigenvalue weighted by Crippen LogP contribution is -1.75. The van der Waals surface area contributed by atoms with Crippen molar-refractivity contribution in [1.29, 1.82) is 0 Å². The Kier molecular flexibility index (Phi) is 3.69. The van der Waals surface area contributed by atoms with Crippen LogP contribution in [0, 0.1) is 0 Å². The smallest absolute Gasteiger partial charge is 0.135 e. The Labute approximate surface area is 155 Å². The van der Waals surface area contributed by atoms with Gasteiger partial charge in [-0.1, -0.05) is 72.8 Å². The molecule has 5 rings (SSSR count). The number of thiophene rings is 1. The van der Waals surface area contributed by atoms with E-state index in [9.17, 15) is 0 Å². The molecule has 0 radical (unpaired) electrons. The lowest BCUT2D eigenvalue weighted by atomic mass is 10.1. The van der Waals surface area contributed by atoms with Crippen molar-refractivity contribution >= 4 is 45.2 Å². The fourth-order valence-electron chi connectivity index (χ4n) is 3.20. The van der Waals surface area contributed by atoms with E-state index in [-0.39, 0.29) is 0 Å². The predicted molar refractivity (Wildman–Crippen MR) is 112 cm³/mol. The number of para-hydroxylation sites is 1. The number of furan rings is 1. The normalized spacial score (nSPS) is 11.7. The average Bonchev–Trinajstić information content (AvgIpc) is 3.31. The first-order chi connectivity index (χ1) is 12.9. The molecular formula is C24H16OS. The molecule has 0 aliphatic heterocycles. The number of hydrogen-bond donors (Lipinski definition) is 0. The minimum absolute atomic E-state index is 0.908. The van der Waals surface area contributed by atoms with E-state index in [1.807, 2.05) is 18.2 Å². The summed E-state index contributed by atoms with van der Waals surface area (Å²) in [4.78, 5) is 1.29. The average molecular weight is 352 g/mol. The third-order valence-corrected chi connectivity index (χ3v) is 5.57. The minimum atomic E-state index is 0.908. The summed E-state index contributed by atoms with van der Waals surface area (Å²) >= 11 is 1.78. The van der Waals surface area contributed by atoms with E-state index in [4.69, 9.17) is 4.42 Å². The topological polar surface area (TPSA) is 13.1 Å². The Morgan fingerprint density at radius 2 is 1.50 bits per heavy atom. The van der Waals surface area contributed by atoms with E-state index in [1.54, 1.807) is 11.3 Å². The zero-order chi connectivity index (χ0) is 17.3. The molecule has 0 saturated heterocycles. The van der Waals surface area contributed by atoms with Gasteiger partial charge in [0, 0.05) is 15.8 Å². The number of benzene rings is 3. The van der Waals surface area contributed by atoms with Gasteiger partial charge in [0.1, 0.15) is 11.3 Å². The molecule has 2 heterocycles. The second-order valence-corrected chi connectivity index (χ2v) is 7.20. The molecule has 0 unspecified atom stereocenters. The van der Waals surface area contributed by atoms with Crippen LogP contribution >= 0.6 is 11.3 Å². The van der Waals surface area contributed by atoms with Crippen molar-refractivity contribution in [2.75, 3.05) is 0 Å². The van der Waals surface area contributed by atoms with E-state index >= 15 is 0 Å². The summed E-state index contributed by atoms with van der Waals surface area (Å²) in [5.74, 6) is 0.908. The van der Waals surface area contributed by atoms with E-state index in [0.29, 0.717) is 0 Å². The molecule has 124 valence electrons. The third-order valence-electron chi connectivity index (χ3n) is 4.59. The van der Waals surface area contributed by atoms with Crippen molar-refractivity contribution in [2.24, 2.45) is 0 Å². The Balaban J connectivity index is 1.42. The van der Waals surface area contributed by atoms with Crippen molar-refractivity contribution in [2.45, 2.75) is 0 Å². The Morgan fingerprint density at radius 1 is 0.731 bits per heavy atom.